The van der Waals surface area contributed by atoms with E-state index >= 15 is 0 Å². The number of aryl methyl sites for hydroxylation is 2. The maximum atomic E-state index is 12.7. The summed E-state index contributed by atoms with van der Waals surface area (Å²) < 4.78 is 5.01. The van der Waals surface area contributed by atoms with Crippen molar-refractivity contribution in [3.8, 4) is 0 Å². The van der Waals surface area contributed by atoms with Gasteiger partial charge >= 0.3 is 6.09 Å². The number of imidazole rings is 1. The highest BCUT2D eigenvalue weighted by molar-refractivity contribution is 5.80. The highest BCUT2D eigenvalue weighted by atomic mass is 16.6. The smallest absolute Gasteiger partial charge is 0.409 e. The summed E-state index contributed by atoms with van der Waals surface area (Å²) in [5.41, 5.74) is 2.22. The van der Waals surface area contributed by atoms with Crippen molar-refractivity contribution in [2.45, 2.75) is 33.1 Å². The van der Waals surface area contributed by atoms with Crippen molar-refractivity contribution in [1.29, 1.82) is 0 Å². The number of amides is 2. The molecule has 0 spiro atoms. The van der Waals surface area contributed by atoms with Crippen LogP contribution in [0.15, 0.2) is 0 Å². The monoisotopic (exact) mass is 320 g/mol. The molecule has 1 fully saturated rings. The fraction of sp³-hybridized carbons (Fsp3) is 0.688. The minimum atomic E-state index is -0.283. The molecule has 7 nitrogen and oxygen atoms in total. The highest BCUT2D eigenvalue weighted by Crippen LogP contribution is 2.25. The van der Waals surface area contributed by atoms with Gasteiger partial charge in [-0.05, 0) is 26.7 Å². The lowest BCUT2D eigenvalue weighted by atomic mass is 9.88. The first kappa shape index (κ1) is 15.8. The summed E-state index contributed by atoms with van der Waals surface area (Å²) in [5, 5.41) is 0. The van der Waals surface area contributed by atoms with E-state index in [9.17, 15) is 9.59 Å². The van der Waals surface area contributed by atoms with Gasteiger partial charge in [-0.25, -0.2) is 9.78 Å². The second-order valence-corrected chi connectivity index (χ2v) is 6.20. The Labute approximate surface area is 136 Å². The van der Waals surface area contributed by atoms with Crippen LogP contribution in [0.3, 0.4) is 0 Å². The van der Waals surface area contributed by atoms with Gasteiger partial charge in [-0.3, -0.25) is 4.79 Å². The number of hydrogen-bond donors (Lipinski definition) is 1. The van der Waals surface area contributed by atoms with Crippen LogP contribution < -0.4 is 0 Å². The van der Waals surface area contributed by atoms with Crippen molar-refractivity contribution in [2.75, 3.05) is 32.8 Å². The molecule has 1 saturated heterocycles. The Morgan fingerprint density at radius 2 is 1.96 bits per heavy atom. The predicted octanol–water partition coefficient (Wildman–Crippen LogP) is 1.12. The summed E-state index contributed by atoms with van der Waals surface area (Å²) in [7, 11) is 0. The van der Waals surface area contributed by atoms with E-state index in [0.717, 1.165) is 36.5 Å². The molecule has 23 heavy (non-hydrogen) atoms. The molecule has 1 atom stereocenters. The molecule has 3 rings (SSSR count). The molecule has 7 heteroatoms. The molecule has 0 aromatic carbocycles. The quantitative estimate of drug-likeness (QED) is 0.886. The number of hydrogen-bond acceptors (Lipinski definition) is 4. The molecule has 2 amide bonds. The maximum Gasteiger partial charge on any atom is 0.409 e. The van der Waals surface area contributed by atoms with Crippen LogP contribution in [0.4, 0.5) is 4.79 Å². The van der Waals surface area contributed by atoms with Gasteiger partial charge in [-0.1, -0.05) is 0 Å². The van der Waals surface area contributed by atoms with Gasteiger partial charge in [0, 0.05) is 44.2 Å². The molecule has 2 aliphatic rings. The topological polar surface area (TPSA) is 78.5 Å². The van der Waals surface area contributed by atoms with Crippen LogP contribution in [-0.2, 0) is 22.4 Å². The number of carbonyl (C=O) groups is 2. The van der Waals surface area contributed by atoms with Crippen LogP contribution in [0.2, 0.25) is 0 Å². The van der Waals surface area contributed by atoms with Crippen LogP contribution in [0.5, 0.6) is 0 Å². The molecular weight excluding hydrogens is 296 g/mol. The maximum absolute atomic E-state index is 12.7. The average molecular weight is 320 g/mol. The third-order valence-electron chi connectivity index (χ3n) is 4.63. The predicted molar refractivity (Wildman–Crippen MR) is 84.0 cm³/mol. The van der Waals surface area contributed by atoms with Gasteiger partial charge in [0.25, 0.3) is 0 Å². The van der Waals surface area contributed by atoms with E-state index in [1.165, 1.54) is 0 Å². The third kappa shape index (κ3) is 3.33. The first-order valence-electron chi connectivity index (χ1n) is 8.33. The molecule has 126 valence electrons. The van der Waals surface area contributed by atoms with Crippen LogP contribution >= 0.6 is 0 Å². The van der Waals surface area contributed by atoms with E-state index in [2.05, 4.69) is 9.97 Å². The van der Waals surface area contributed by atoms with Crippen LogP contribution in [-0.4, -0.2) is 64.6 Å². The zero-order valence-corrected chi connectivity index (χ0v) is 13.8. The summed E-state index contributed by atoms with van der Waals surface area (Å²) in [6.45, 7) is 6.39. The summed E-state index contributed by atoms with van der Waals surface area (Å²) in [5.74, 6) is 1.15. The number of rotatable bonds is 2. The van der Waals surface area contributed by atoms with Gasteiger partial charge in [0.2, 0.25) is 5.91 Å². The Kier molecular flexibility index (Phi) is 4.54. The molecule has 2 heterocycles. The molecule has 0 saturated carbocycles. The summed E-state index contributed by atoms with van der Waals surface area (Å²) in [4.78, 5) is 35.7. The minimum Gasteiger partial charge on any atom is -0.450 e. The van der Waals surface area contributed by atoms with Crippen molar-refractivity contribution in [3.05, 3.63) is 17.2 Å². The van der Waals surface area contributed by atoms with E-state index in [-0.39, 0.29) is 17.9 Å². The standard InChI is InChI=1S/C16H24N4O3/c1-3-23-16(22)20-8-6-19(7-9-20)15(21)12-4-5-13-14(10-12)18-11(2)17-13/h12H,3-10H2,1-2H3,(H,17,18). The van der Waals surface area contributed by atoms with E-state index in [0.29, 0.717) is 32.8 Å². The third-order valence-corrected chi connectivity index (χ3v) is 4.63. The second-order valence-electron chi connectivity index (χ2n) is 6.20. The average Bonchev–Trinajstić information content (AvgIpc) is 2.93. The Balaban J connectivity index is 1.55. The minimum absolute atomic E-state index is 0.0245. The van der Waals surface area contributed by atoms with Gasteiger partial charge in [0.1, 0.15) is 5.82 Å². The zero-order valence-electron chi connectivity index (χ0n) is 13.8. The Morgan fingerprint density at radius 3 is 2.65 bits per heavy atom. The number of aromatic amines is 1. The lowest BCUT2D eigenvalue weighted by molar-refractivity contribution is -0.137. The lowest BCUT2D eigenvalue weighted by Crippen LogP contribution is -2.52. The molecule has 1 aromatic heterocycles. The van der Waals surface area contributed by atoms with Crippen molar-refractivity contribution in [3.63, 3.8) is 0 Å². The zero-order chi connectivity index (χ0) is 16.4. The van der Waals surface area contributed by atoms with Crippen LogP contribution in [0.25, 0.3) is 0 Å². The number of H-pyrrole nitrogens is 1. The van der Waals surface area contributed by atoms with Crippen molar-refractivity contribution >= 4 is 12.0 Å². The SMILES string of the molecule is CCOC(=O)N1CCN(C(=O)C2CCc3nc(C)[nH]c3C2)CC1. The van der Waals surface area contributed by atoms with Gasteiger partial charge in [-0.15, -0.1) is 0 Å². The van der Waals surface area contributed by atoms with Crippen molar-refractivity contribution in [1.82, 2.24) is 19.8 Å². The van der Waals surface area contributed by atoms with E-state index in [1.54, 1.807) is 11.8 Å². The van der Waals surface area contributed by atoms with Gasteiger partial charge in [0.05, 0.1) is 12.3 Å². The Hall–Kier alpha value is -2.05. The second kappa shape index (κ2) is 6.60. The Morgan fingerprint density at radius 1 is 1.26 bits per heavy atom. The highest BCUT2D eigenvalue weighted by Gasteiger charge is 2.32. The molecule has 1 unspecified atom stereocenters. The number of ether oxygens (including phenoxy) is 1. The Bertz CT molecular complexity index is 590. The normalized spacial score (nSPS) is 21.0. The van der Waals surface area contributed by atoms with Crippen molar-refractivity contribution < 1.29 is 14.3 Å². The summed E-state index contributed by atoms with van der Waals surface area (Å²) in [6, 6.07) is 0. The largest absolute Gasteiger partial charge is 0.450 e. The summed E-state index contributed by atoms with van der Waals surface area (Å²) >= 11 is 0. The molecule has 1 N–H and O–H groups in total. The fourth-order valence-corrected chi connectivity index (χ4v) is 3.42. The molecule has 1 aliphatic heterocycles. The number of nitrogens with zero attached hydrogens (tertiary/aromatic N) is 3. The summed E-state index contributed by atoms with van der Waals surface area (Å²) in [6.07, 6.45) is 2.18. The number of nitrogens with one attached hydrogen (secondary N) is 1. The van der Waals surface area contributed by atoms with E-state index < -0.39 is 0 Å². The first-order valence-corrected chi connectivity index (χ1v) is 8.33. The molecule has 1 aromatic rings. The number of fused-ring (bicyclic) bond motifs is 1. The first-order chi connectivity index (χ1) is 11.1. The molecule has 0 radical (unpaired) electrons. The number of aromatic nitrogens is 2. The van der Waals surface area contributed by atoms with Gasteiger partial charge in [0.15, 0.2) is 0 Å². The van der Waals surface area contributed by atoms with Crippen LogP contribution in [0, 0.1) is 12.8 Å². The van der Waals surface area contributed by atoms with Gasteiger partial charge in [-0.2, -0.15) is 0 Å². The number of carbonyl (C=O) groups excluding carboxylic acids is 2. The molecule has 1 aliphatic carbocycles. The molecule has 0 bridgehead atoms. The van der Waals surface area contributed by atoms with Crippen molar-refractivity contribution in [2.24, 2.45) is 5.92 Å². The fourth-order valence-electron chi connectivity index (χ4n) is 3.42. The van der Waals surface area contributed by atoms with E-state index in [1.807, 2.05) is 11.8 Å². The van der Waals surface area contributed by atoms with E-state index in [4.69, 9.17) is 4.74 Å². The lowest BCUT2D eigenvalue weighted by Gasteiger charge is -2.36. The number of piperazine rings is 1. The van der Waals surface area contributed by atoms with Crippen LogP contribution in [0.1, 0.15) is 30.6 Å². The van der Waals surface area contributed by atoms with Gasteiger partial charge < -0.3 is 19.5 Å². The molecular formula is C16H24N4O3.